The van der Waals surface area contributed by atoms with Gasteiger partial charge in [0, 0.05) is 17.1 Å². The Morgan fingerprint density at radius 2 is 1.89 bits per heavy atom. The van der Waals surface area contributed by atoms with E-state index in [1.54, 1.807) is 12.1 Å². The molecule has 8 heteroatoms. The number of anilines is 1. The maximum atomic E-state index is 13.0. The molecular weight excluding hydrogens is 363 g/mol. The van der Waals surface area contributed by atoms with Crippen molar-refractivity contribution in [3.63, 3.8) is 0 Å². The van der Waals surface area contributed by atoms with Crippen LogP contribution in [0.4, 0.5) is 18.9 Å². The zero-order chi connectivity index (χ0) is 19.8. The van der Waals surface area contributed by atoms with Crippen molar-refractivity contribution in [1.29, 1.82) is 0 Å². The highest BCUT2D eigenvalue weighted by Crippen LogP contribution is 2.34. The van der Waals surface area contributed by atoms with Crippen LogP contribution < -0.4 is 15.7 Å². The number of halogens is 3. The molecule has 3 rings (SSSR count). The van der Waals surface area contributed by atoms with Crippen LogP contribution in [-0.2, 0) is 6.18 Å². The number of rotatable bonds is 3. The Morgan fingerprint density at radius 1 is 1.15 bits per heavy atom. The predicted molar refractivity (Wildman–Crippen MR) is 93.2 cm³/mol. The van der Waals surface area contributed by atoms with E-state index in [1.807, 2.05) is 0 Å². The number of nitrogens with one attached hydrogen (secondary N) is 1. The van der Waals surface area contributed by atoms with Crippen molar-refractivity contribution in [1.82, 2.24) is 0 Å². The fourth-order valence-corrected chi connectivity index (χ4v) is 2.64. The molecule has 0 saturated carbocycles. The summed E-state index contributed by atoms with van der Waals surface area (Å²) < 4.78 is 49.2. The summed E-state index contributed by atoms with van der Waals surface area (Å²) in [5.74, 6) is -0.383. The van der Waals surface area contributed by atoms with Crippen LogP contribution in [0.2, 0.25) is 0 Å². The minimum absolute atomic E-state index is 0.0379. The number of carbonyl (C=O) groups is 1. The lowest BCUT2D eigenvalue weighted by Crippen LogP contribution is -2.21. The summed E-state index contributed by atoms with van der Waals surface area (Å²) in [7, 11) is 1.46. The van der Waals surface area contributed by atoms with E-state index in [0.29, 0.717) is 11.1 Å². The van der Waals surface area contributed by atoms with E-state index < -0.39 is 23.3 Å². The first kappa shape index (κ1) is 18.5. The molecule has 3 aromatic rings. The van der Waals surface area contributed by atoms with Gasteiger partial charge in [-0.3, -0.25) is 4.79 Å². The van der Waals surface area contributed by atoms with Crippen molar-refractivity contribution < 1.29 is 27.1 Å². The third-order valence-corrected chi connectivity index (χ3v) is 4.08. The number of benzene rings is 2. The molecule has 0 bridgehead atoms. The van der Waals surface area contributed by atoms with Gasteiger partial charge in [0.1, 0.15) is 16.9 Å². The molecule has 1 N–H and O–H groups in total. The fraction of sp³-hybridized carbons (Fsp3) is 0.158. The minimum atomic E-state index is -4.55. The van der Waals surface area contributed by atoms with E-state index >= 15 is 0 Å². The summed E-state index contributed by atoms with van der Waals surface area (Å²) in [6, 6.07) is 9.47. The Labute approximate surface area is 151 Å². The Kier molecular flexibility index (Phi) is 4.65. The third kappa shape index (κ3) is 3.64. The Morgan fingerprint density at radius 3 is 2.56 bits per heavy atom. The molecule has 0 radical (unpaired) electrons. The van der Waals surface area contributed by atoms with E-state index in [-0.39, 0.29) is 22.4 Å². The Hall–Kier alpha value is -3.29. The van der Waals surface area contributed by atoms with Crippen LogP contribution in [0.3, 0.4) is 0 Å². The van der Waals surface area contributed by atoms with Gasteiger partial charge in [0.2, 0.25) is 0 Å². The zero-order valence-corrected chi connectivity index (χ0v) is 14.3. The van der Waals surface area contributed by atoms with Gasteiger partial charge in [-0.25, -0.2) is 4.79 Å². The van der Waals surface area contributed by atoms with Crippen molar-refractivity contribution in [2.75, 3.05) is 12.4 Å². The minimum Gasteiger partial charge on any atom is -0.497 e. The summed E-state index contributed by atoms with van der Waals surface area (Å²) in [4.78, 5) is 24.6. The summed E-state index contributed by atoms with van der Waals surface area (Å²) in [5, 5.41) is 2.82. The molecule has 0 aliphatic heterocycles. The lowest BCUT2D eigenvalue weighted by atomic mass is 10.1. The first-order chi connectivity index (χ1) is 12.7. The summed E-state index contributed by atoms with van der Waals surface area (Å²) in [5.41, 5.74) is -2.04. The molecule has 2 aromatic carbocycles. The predicted octanol–water partition coefficient (Wildman–Crippen LogP) is 4.38. The van der Waals surface area contributed by atoms with Gasteiger partial charge in [0.25, 0.3) is 5.91 Å². The summed E-state index contributed by atoms with van der Waals surface area (Å²) in [6.45, 7) is 1.24. The first-order valence-electron chi connectivity index (χ1n) is 7.81. The van der Waals surface area contributed by atoms with Gasteiger partial charge in [-0.05, 0) is 42.8 Å². The summed E-state index contributed by atoms with van der Waals surface area (Å²) in [6.07, 6.45) is -4.55. The zero-order valence-electron chi connectivity index (χ0n) is 14.3. The van der Waals surface area contributed by atoms with Gasteiger partial charge in [-0.1, -0.05) is 6.07 Å². The molecule has 5 nitrogen and oxygen atoms in total. The molecule has 140 valence electrons. The average Bonchev–Trinajstić information content (AvgIpc) is 2.61. The molecule has 0 aliphatic rings. The van der Waals surface area contributed by atoms with Gasteiger partial charge < -0.3 is 14.5 Å². The first-order valence-corrected chi connectivity index (χ1v) is 7.81. The van der Waals surface area contributed by atoms with Gasteiger partial charge in [-0.2, -0.15) is 13.2 Å². The smallest absolute Gasteiger partial charge is 0.416 e. The molecule has 0 saturated heterocycles. The highest BCUT2D eigenvalue weighted by molar-refractivity contribution is 6.05. The number of alkyl halides is 3. The number of fused-ring (bicyclic) bond motifs is 1. The highest BCUT2D eigenvalue weighted by atomic mass is 19.4. The summed E-state index contributed by atoms with van der Waals surface area (Å²) >= 11 is 0. The van der Waals surface area contributed by atoms with E-state index in [2.05, 4.69) is 5.32 Å². The van der Waals surface area contributed by atoms with Crippen molar-refractivity contribution in [3.05, 3.63) is 69.6 Å². The van der Waals surface area contributed by atoms with Crippen LogP contribution in [0.5, 0.6) is 5.75 Å². The van der Waals surface area contributed by atoms with Gasteiger partial charge >= 0.3 is 11.8 Å². The molecule has 0 fully saturated rings. The molecule has 27 heavy (non-hydrogen) atoms. The Balaban J connectivity index is 1.98. The van der Waals surface area contributed by atoms with Gasteiger partial charge in [0.15, 0.2) is 0 Å². The van der Waals surface area contributed by atoms with Crippen LogP contribution >= 0.6 is 0 Å². The number of amides is 1. The molecule has 1 amide bonds. The molecule has 1 aromatic heterocycles. The van der Waals surface area contributed by atoms with Crippen LogP contribution in [0.15, 0.2) is 51.7 Å². The molecular formula is C19H14F3NO4. The van der Waals surface area contributed by atoms with Gasteiger partial charge in [0.05, 0.1) is 12.7 Å². The van der Waals surface area contributed by atoms with Crippen LogP contribution in [0.25, 0.3) is 11.0 Å². The maximum absolute atomic E-state index is 13.0. The second-order valence-electron chi connectivity index (χ2n) is 5.78. The number of ether oxygens (including phenoxy) is 1. The monoisotopic (exact) mass is 377 g/mol. The Bertz CT molecular complexity index is 1090. The van der Waals surface area contributed by atoms with Crippen LogP contribution in [0.1, 0.15) is 21.5 Å². The normalized spacial score (nSPS) is 11.4. The van der Waals surface area contributed by atoms with E-state index in [0.717, 1.165) is 6.07 Å². The SMILES string of the molecule is COc1ccc2cc(C(=O)Nc3cccc(C(F)(F)F)c3C)c(=O)oc2c1. The van der Waals surface area contributed by atoms with Crippen molar-refractivity contribution >= 4 is 22.6 Å². The molecule has 0 spiro atoms. The molecule has 0 unspecified atom stereocenters. The number of carbonyl (C=O) groups excluding carboxylic acids is 1. The second-order valence-corrected chi connectivity index (χ2v) is 5.78. The maximum Gasteiger partial charge on any atom is 0.416 e. The molecule has 0 aliphatic carbocycles. The van der Waals surface area contributed by atoms with E-state index in [9.17, 15) is 22.8 Å². The number of methoxy groups -OCH3 is 1. The highest BCUT2D eigenvalue weighted by Gasteiger charge is 2.33. The quantitative estimate of drug-likeness (QED) is 0.688. The lowest BCUT2D eigenvalue weighted by Gasteiger charge is -2.14. The van der Waals surface area contributed by atoms with E-state index in [1.165, 1.54) is 38.3 Å². The van der Waals surface area contributed by atoms with E-state index in [4.69, 9.17) is 9.15 Å². The van der Waals surface area contributed by atoms with Crippen LogP contribution in [0, 0.1) is 6.92 Å². The standard InChI is InChI=1S/C19H14F3NO4/c1-10-14(19(20,21)22)4-3-5-15(10)23-17(24)13-8-11-6-7-12(26-2)9-16(11)27-18(13)25/h3-9H,1-2H3,(H,23,24). The van der Waals surface area contributed by atoms with Crippen molar-refractivity contribution in [2.45, 2.75) is 13.1 Å². The number of hydrogen-bond donors (Lipinski definition) is 1. The van der Waals surface area contributed by atoms with Crippen molar-refractivity contribution in [3.8, 4) is 5.75 Å². The second kappa shape index (κ2) is 6.79. The lowest BCUT2D eigenvalue weighted by molar-refractivity contribution is -0.138. The largest absolute Gasteiger partial charge is 0.497 e. The third-order valence-electron chi connectivity index (χ3n) is 4.08. The average molecular weight is 377 g/mol. The van der Waals surface area contributed by atoms with Crippen molar-refractivity contribution in [2.24, 2.45) is 0 Å². The van der Waals surface area contributed by atoms with Crippen LogP contribution in [-0.4, -0.2) is 13.0 Å². The number of hydrogen-bond acceptors (Lipinski definition) is 4. The molecule has 1 heterocycles. The van der Waals surface area contributed by atoms with Gasteiger partial charge in [-0.15, -0.1) is 0 Å². The molecule has 0 atom stereocenters. The topological polar surface area (TPSA) is 68.5 Å². The fourth-order valence-electron chi connectivity index (χ4n) is 2.64.